The number of rotatable bonds is 3. The van der Waals surface area contributed by atoms with E-state index in [9.17, 15) is 0 Å². The molecule has 0 spiro atoms. The number of para-hydroxylation sites is 2. The first-order chi connectivity index (χ1) is 13.6. The molecular formula is C21H19N5O2. The minimum atomic E-state index is -0.0308. The summed E-state index contributed by atoms with van der Waals surface area (Å²) in [7, 11) is 0. The molecular weight excluding hydrogens is 354 g/mol. The minimum Gasteiger partial charge on any atom is -0.455 e. The zero-order valence-electron chi connectivity index (χ0n) is 15.3. The van der Waals surface area contributed by atoms with E-state index in [0.29, 0.717) is 29.6 Å². The van der Waals surface area contributed by atoms with Gasteiger partial charge >= 0.3 is 0 Å². The Bertz CT molecular complexity index is 1180. The molecule has 0 radical (unpaired) electrons. The zero-order valence-corrected chi connectivity index (χ0v) is 15.3. The van der Waals surface area contributed by atoms with Gasteiger partial charge in [0.25, 0.3) is 0 Å². The molecule has 2 aromatic carbocycles. The van der Waals surface area contributed by atoms with Gasteiger partial charge in [-0.25, -0.2) is 9.97 Å². The van der Waals surface area contributed by atoms with Gasteiger partial charge in [0, 0.05) is 11.3 Å². The Morgan fingerprint density at radius 3 is 2.64 bits per heavy atom. The smallest absolute Gasteiger partial charge is 0.151 e. The summed E-state index contributed by atoms with van der Waals surface area (Å²) < 4.78 is 13.8. The molecule has 0 fully saturated rings. The van der Waals surface area contributed by atoms with Crippen molar-refractivity contribution in [1.82, 2.24) is 14.5 Å². The second kappa shape index (κ2) is 6.24. The van der Waals surface area contributed by atoms with Crippen LogP contribution in [0.2, 0.25) is 0 Å². The molecule has 0 aliphatic carbocycles. The van der Waals surface area contributed by atoms with E-state index in [1.807, 2.05) is 55.5 Å². The highest BCUT2D eigenvalue weighted by Gasteiger charge is 2.30. The maximum absolute atomic E-state index is 6.20. The summed E-state index contributed by atoms with van der Waals surface area (Å²) in [5.41, 5.74) is 17.5. The van der Waals surface area contributed by atoms with Crippen LogP contribution in [0.5, 0.6) is 11.5 Å². The second-order valence-electron chi connectivity index (χ2n) is 6.74. The molecule has 4 N–H and O–H groups in total. The Morgan fingerprint density at radius 2 is 1.86 bits per heavy atom. The van der Waals surface area contributed by atoms with Crippen LogP contribution in [0.15, 0.2) is 54.9 Å². The lowest BCUT2D eigenvalue weighted by Gasteiger charge is -2.12. The fourth-order valence-corrected chi connectivity index (χ4v) is 3.71. The number of nitrogens with two attached hydrogens (primary N) is 2. The highest BCUT2D eigenvalue weighted by Crippen LogP contribution is 2.41. The van der Waals surface area contributed by atoms with Crippen molar-refractivity contribution >= 4 is 22.5 Å². The molecule has 5 rings (SSSR count). The summed E-state index contributed by atoms with van der Waals surface area (Å²) in [6, 6.07) is 15.2. The standard InChI is InChI=1S/C21H19N5O2/c1-12-18-16(10-27-12)26(20-19(18)24-11-25-21(20)23)13-6-8-14(9-7-13)28-17-5-3-2-4-15(17)22/h2-9,11-12H,10,22H2,1H3,(H2,23,24,25). The Labute approximate surface area is 161 Å². The molecule has 1 aliphatic rings. The maximum atomic E-state index is 6.20. The first kappa shape index (κ1) is 16.6. The fourth-order valence-electron chi connectivity index (χ4n) is 3.71. The summed E-state index contributed by atoms with van der Waals surface area (Å²) in [6.07, 6.45) is 1.46. The topological polar surface area (TPSA) is 101 Å². The SMILES string of the molecule is CC1OCc2c1c1ncnc(N)c1n2-c1ccc(Oc2ccccc2N)cc1. The number of nitrogen functional groups attached to an aromatic ring is 2. The zero-order chi connectivity index (χ0) is 19.3. The number of ether oxygens (including phenoxy) is 2. The van der Waals surface area contributed by atoms with Gasteiger partial charge in [0.1, 0.15) is 28.9 Å². The quantitative estimate of drug-likeness (QED) is 0.527. The van der Waals surface area contributed by atoms with Crippen molar-refractivity contribution < 1.29 is 9.47 Å². The summed E-state index contributed by atoms with van der Waals surface area (Å²) >= 11 is 0. The Kier molecular flexibility index (Phi) is 3.70. The molecule has 2 aromatic heterocycles. The van der Waals surface area contributed by atoms with Crippen LogP contribution in [0, 0.1) is 0 Å². The number of hydrogen-bond acceptors (Lipinski definition) is 6. The van der Waals surface area contributed by atoms with Crippen molar-refractivity contribution in [2.75, 3.05) is 11.5 Å². The summed E-state index contributed by atoms with van der Waals surface area (Å²) in [5, 5.41) is 0. The lowest BCUT2D eigenvalue weighted by molar-refractivity contribution is 0.0783. The van der Waals surface area contributed by atoms with E-state index in [4.69, 9.17) is 20.9 Å². The summed E-state index contributed by atoms with van der Waals surface area (Å²) in [4.78, 5) is 8.64. The highest BCUT2D eigenvalue weighted by molar-refractivity contribution is 5.91. The first-order valence-electron chi connectivity index (χ1n) is 9.01. The molecule has 140 valence electrons. The third-order valence-electron chi connectivity index (χ3n) is 5.03. The third kappa shape index (κ3) is 2.48. The largest absolute Gasteiger partial charge is 0.455 e. The molecule has 0 bridgehead atoms. The predicted octanol–water partition coefficient (Wildman–Crippen LogP) is 3.97. The second-order valence-corrected chi connectivity index (χ2v) is 6.74. The molecule has 0 saturated carbocycles. The van der Waals surface area contributed by atoms with E-state index in [2.05, 4.69) is 14.5 Å². The van der Waals surface area contributed by atoms with Gasteiger partial charge < -0.3 is 25.5 Å². The van der Waals surface area contributed by atoms with Crippen LogP contribution in [0.25, 0.3) is 16.7 Å². The number of nitrogens with zero attached hydrogens (tertiary/aromatic N) is 3. The van der Waals surface area contributed by atoms with Crippen molar-refractivity contribution in [3.8, 4) is 17.2 Å². The molecule has 7 nitrogen and oxygen atoms in total. The molecule has 4 aromatic rings. The van der Waals surface area contributed by atoms with Gasteiger partial charge in [0.05, 0.1) is 24.1 Å². The molecule has 1 atom stereocenters. The lowest BCUT2D eigenvalue weighted by atomic mass is 10.1. The highest BCUT2D eigenvalue weighted by atomic mass is 16.5. The number of fused-ring (bicyclic) bond motifs is 3. The molecule has 0 amide bonds. The molecule has 1 unspecified atom stereocenters. The number of aromatic nitrogens is 3. The molecule has 28 heavy (non-hydrogen) atoms. The number of hydrogen-bond donors (Lipinski definition) is 2. The van der Waals surface area contributed by atoms with Crippen LogP contribution in [0.3, 0.4) is 0 Å². The first-order valence-corrected chi connectivity index (χ1v) is 9.01. The summed E-state index contributed by atoms with van der Waals surface area (Å²) in [5.74, 6) is 1.77. The summed E-state index contributed by atoms with van der Waals surface area (Å²) in [6.45, 7) is 2.53. The monoisotopic (exact) mass is 373 g/mol. The van der Waals surface area contributed by atoms with Gasteiger partial charge in [-0.3, -0.25) is 0 Å². The van der Waals surface area contributed by atoms with Crippen LogP contribution in [0.4, 0.5) is 11.5 Å². The number of anilines is 2. The normalized spacial score (nSPS) is 15.7. The van der Waals surface area contributed by atoms with Gasteiger partial charge in [-0.05, 0) is 43.3 Å². The average molecular weight is 373 g/mol. The van der Waals surface area contributed by atoms with E-state index < -0.39 is 0 Å². The minimum absolute atomic E-state index is 0.0308. The van der Waals surface area contributed by atoms with Gasteiger partial charge in [-0.1, -0.05) is 12.1 Å². The van der Waals surface area contributed by atoms with Crippen molar-refractivity contribution in [2.24, 2.45) is 0 Å². The predicted molar refractivity (Wildman–Crippen MR) is 107 cm³/mol. The third-order valence-corrected chi connectivity index (χ3v) is 5.03. The maximum Gasteiger partial charge on any atom is 0.151 e. The molecule has 7 heteroatoms. The van der Waals surface area contributed by atoms with E-state index in [-0.39, 0.29) is 6.10 Å². The van der Waals surface area contributed by atoms with Crippen LogP contribution < -0.4 is 16.2 Å². The van der Waals surface area contributed by atoms with Crippen molar-refractivity contribution in [2.45, 2.75) is 19.6 Å². The van der Waals surface area contributed by atoms with Gasteiger partial charge in [0.2, 0.25) is 0 Å². The van der Waals surface area contributed by atoms with Crippen LogP contribution >= 0.6 is 0 Å². The Hall–Kier alpha value is -3.58. The van der Waals surface area contributed by atoms with E-state index in [1.54, 1.807) is 0 Å². The molecule has 0 saturated heterocycles. The number of benzene rings is 2. The van der Waals surface area contributed by atoms with Crippen molar-refractivity contribution in [1.29, 1.82) is 0 Å². The van der Waals surface area contributed by atoms with E-state index in [0.717, 1.165) is 28.0 Å². The van der Waals surface area contributed by atoms with E-state index in [1.165, 1.54) is 6.33 Å². The lowest BCUT2D eigenvalue weighted by Crippen LogP contribution is -2.03. The average Bonchev–Trinajstić information content (AvgIpc) is 3.23. The van der Waals surface area contributed by atoms with Gasteiger partial charge in [-0.15, -0.1) is 0 Å². The Morgan fingerprint density at radius 1 is 1.07 bits per heavy atom. The molecule has 3 heterocycles. The van der Waals surface area contributed by atoms with Crippen LogP contribution in [-0.4, -0.2) is 14.5 Å². The van der Waals surface area contributed by atoms with Crippen molar-refractivity contribution in [3.05, 3.63) is 66.1 Å². The van der Waals surface area contributed by atoms with Gasteiger partial charge in [0.15, 0.2) is 5.82 Å². The Balaban J connectivity index is 1.59. The van der Waals surface area contributed by atoms with Crippen molar-refractivity contribution in [3.63, 3.8) is 0 Å². The van der Waals surface area contributed by atoms with Crippen LogP contribution in [-0.2, 0) is 11.3 Å². The van der Waals surface area contributed by atoms with Crippen LogP contribution in [0.1, 0.15) is 24.3 Å². The van der Waals surface area contributed by atoms with Gasteiger partial charge in [-0.2, -0.15) is 0 Å². The van der Waals surface area contributed by atoms with E-state index >= 15 is 0 Å². The molecule has 1 aliphatic heterocycles. The fraction of sp³-hybridized carbons (Fsp3) is 0.143.